The summed E-state index contributed by atoms with van der Waals surface area (Å²) in [6.45, 7) is 2.84. The van der Waals surface area contributed by atoms with Gasteiger partial charge in [-0.05, 0) is 24.6 Å². The minimum absolute atomic E-state index is 0.651. The molecule has 2 aromatic rings. The van der Waals surface area contributed by atoms with E-state index in [2.05, 4.69) is 17.2 Å². The summed E-state index contributed by atoms with van der Waals surface area (Å²) in [4.78, 5) is 4.25. The third-order valence-electron chi connectivity index (χ3n) is 2.64. The molecule has 0 aliphatic carbocycles. The van der Waals surface area contributed by atoms with Crippen molar-refractivity contribution in [1.82, 2.24) is 4.98 Å². The Bertz CT molecular complexity index is 514. The van der Waals surface area contributed by atoms with Crippen LogP contribution in [0.3, 0.4) is 0 Å². The van der Waals surface area contributed by atoms with Gasteiger partial charge in [0.2, 0.25) is 5.88 Å². The molecule has 0 radical (unpaired) electrons. The van der Waals surface area contributed by atoms with Crippen molar-refractivity contribution in [3.05, 3.63) is 47.6 Å². The third kappa shape index (κ3) is 4.14. The Labute approximate surface area is 118 Å². The Balaban J connectivity index is 1.97. The fourth-order valence-corrected chi connectivity index (χ4v) is 1.76. The van der Waals surface area contributed by atoms with Gasteiger partial charge in [0.15, 0.2) is 0 Å². The molecule has 3 nitrogen and oxygen atoms in total. The average Bonchev–Trinajstić information content (AvgIpc) is 2.44. The molecule has 0 bridgehead atoms. The molecule has 1 N–H and O–H groups in total. The van der Waals surface area contributed by atoms with Crippen LogP contribution in [0.4, 0.5) is 11.4 Å². The largest absolute Gasteiger partial charge is 0.478 e. The van der Waals surface area contributed by atoms with Gasteiger partial charge in [-0.3, -0.25) is 0 Å². The van der Waals surface area contributed by atoms with Gasteiger partial charge in [-0.25, -0.2) is 4.98 Å². The maximum absolute atomic E-state index is 6.08. The van der Waals surface area contributed by atoms with Crippen LogP contribution in [-0.2, 0) is 0 Å². The maximum atomic E-state index is 6.08. The number of halogens is 1. The van der Waals surface area contributed by atoms with Crippen molar-refractivity contribution in [2.45, 2.75) is 19.8 Å². The van der Waals surface area contributed by atoms with Crippen molar-refractivity contribution < 1.29 is 4.74 Å². The minimum Gasteiger partial charge on any atom is -0.478 e. The van der Waals surface area contributed by atoms with E-state index in [-0.39, 0.29) is 0 Å². The summed E-state index contributed by atoms with van der Waals surface area (Å²) >= 11 is 6.08. The summed E-state index contributed by atoms with van der Waals surface area (Å²) in [7, 11) is 0. The van der Waals surface area contributed by atoms with E-state index in [1.807, 2.05) is 36.4 Å². The Kier molecular flexibility index (Phi) is 5.04. The van der Waals surface area contributed by atoms with Gasteiger partial charge in [0, 0.05) is 6.07 Å². The second-order valence-electron chi connectivity index (χ2n) is 4.19. The zero-order chi connectivity index (χ0) is 13.5. The smallest absolute Gasteiger partial charge is 0.213 e. The molecule has 2 rings (SSSR count). The van der Waals surface area contributed by atoms with Crippen LogP contribution in [-0.4, -0.2) is 11.6 Å². The Hall–Kier alpha value is -1.74. The molecule has 4 heteroatoms. The second-order valence-corrected chi connectivity index (χ2v) is 4.60. The lowest BCUT2D eigenvalue weighted by Gasteiger charge is -2.09. The molecule has 1 aromatic carbocycles. The topological polar surface area (TPSA) is 34.1 Å². The molecule has 0 unspecified atom stereocenters. The van der Waals surface area contributed by atoms with Crippen molar-refractivity contribution in [1.29, 1.82) is 0 Å². The van der Waals surface area contributed by atoms with E-state index in [1.54, 1.807) is 6.20 Å². The van der Waals surface area contributed by atoms with E-state index in [4.69, 9.17) is 16.3 Å². The lowest BCUT2D eigenvalue weighted by atomic mass is 10.3. The highest BCUT2D eigenvalue weighted by Crippen LogP contribution is 2.24. The zero-order valence-corrected chi connectivity index (χ0v) is 11.7. The number of pyridine rings is 1. The quantitative estimate of drug-likeness (QED) is 0.779. The van der Waals surface area contributed by atoms with Crippen LogP contribution in [0.25, 0.3) is 0 Å². The number of ether oxygens (including phenoxy) is 1. The molecule has 0 saturated heterocycles. The highest BCUT2D eigenvalue weighted by atomic mass is 35.5. The van der Waals surface area contributed by atoms with Crippen LogP contribution >= 0.6 is 11.6 Å². The first-order valence-electron chi connectivity index (χ1n) is 6.40. The normalized spacial score (nSPS) is 10.2. The van der Waals surface area contributed by atoms with Crippen LogP contribution in [0, 0.1) is 0 Å². The summed E-state index contributed by atoms with van der Waals surface area (Å²) in [5, 5.41) is 3.90. The zero-order valence-electron chi connectivity index (χ0n) is 10.9. The van der Waals surface area contributed by atoms with E-state index in [9.17, 15) is 0 Å². The maximum Gasteiger partial charge on any atom is 0.213 e. The molecule has 0 spiro atoms. The number of nitrogens with zero attached hydrogens (tertiary/aromatic N) is 1. The van der Waals surface area contributed by atoms with Gasteiger partial charge in [0.1, 0.15) is 0 Å². The van der Waals surface area contributed by atoms with Crippen LogP contribution < -0.4 is 10.1 Å². The fourth-order valence-electron chi connectivity index (χ4n) is 1.58. The number of aromatic nitrogens is 1. The summed E-state index contributed by atoms with van der Waals surface area (Å²) in [6, 6.07) is 11.4. The predicted molar refractivity (Wildman–Crippen MR) is 79.4 cm³/mol. The SMILES string of the molecule is CCCCOc1ccc(Nc2ccccc2Cl)cn1. The standard InChI is InChI=1S/C15H17ClN2O/c1-2-3-10-19-15-9-8-12(11-17-15)18-14-7-5-4-6-13(14)16/h4-9,11,18H,2-3,10H2,1H3. The lowest BCUT2D eigenvalue weighted by molar-refractivity contribution is 0.298. The highest BCUT2D eigenvalue weighted by Gasteiger charge is 2.00. The average molecular weight is 277 g/mol. The molecule has 1 heterocycles. The van der Waals surface area contributed by atoms with Crippen LogP contribution in [0.5, 0.6) is 5.88 Å². The first kappa shape index (κ1) is 13.7. The minimum atomic E-state index is 0.651. The molecule has 100 valence electrons. The molecule has 0 fully saturated rings. The van der Waals surface area contributed by atoms with Crippen molar-refractivity contribution in [3.8, 4) is 5.88 Å². The summed E-state index contributed by atoms with van der Waals surface area (Å²) in [5.41, 5.74) is 1.75. The number of benzene rings is 1. The van der Waals surface area contributed by atoms with Gasteiger partial charge in [-0.2, -0.15) is 0 Å². The molecular formula is C15H17ClN2O. The monoisotopic (exact) mass is 276 g/mol. The number of hydrogen-bond acceptors (Lipinski definition) is 3. The van der Waals surface area contributed by atoms with E-state index in [1.165, 1.54) is 0 Å². The Morgan fingerprint density at radius 3 is 2.74 bits per heavy atom. The summed E-state index contributed by atoms with van der Waals surface area (Å²) < 4.78 is 5.51. The van der Waals surface area contributed by atoms with Crippen LogP contribution in [0.1, 0.15) is 19.8 Å². The molecule has 0 aliphatic rings. The summed E-state index contributed by atoms with van der Waals surface area (Å²) in [6.07, 6.45) is 3.90. The number of para-hydroxylation sites is 1. The van der Waals surface area contributed by atoms with Gasteiger partial charge >= 0.3 is 0 Å². The Morgan fingerprint density at radius 1 is 1.21 bits per heavy atom. The van der Waals surface area contributed by atoms with E-state index < -0.39 is 0 Å². The molecule has 0 saturated carbocycles. The van der Waals surface area contributed by atoms with Gasteiger partial charge in [-0.1, -0.05) is 37.1 Å². The number of anilines is 2. The Morgan fingerprint density at radius 2 is 2.05 bits per heavy atom. The van der Waals surface area contributed by atoms with Gasteiger partial charge in [0.05, 0.1) is 29.2 Å². The van der Waals surface area contributed by atoms with Crippen LogP contribution in [0.2, 0.25) is 5.02 Å². The van der Waals surface area contributed by atoms with Crippen LogP contribution in [0.15, 0.2) is 42.6 Å². The van der Waals surface area contributed by atoms with E-state index >= 15 is 0 Å². The lowest BCUT2D eigenvalue weighted by Crippen LogP contribution is -1.99. The predicted octanol–water partition coefficient (Wildman–Crippen LogP) is 4.66. The van der Waals surface area contributed by atoms with Crippen molar-refractivity contribution >= 4 is 23.0 Å². The van der Waals surface area contributed by atoms with E-state index in [0.29, 0.717) is 17.5 Å². The number of rotatable bonds is 6. The number of unbranched alkanes of at least 4 members (excludes halogenated alkanes) is 1. The molecule has 0 aliphatic heterocycles. The van der Waals surface area contributed by atoms with Crippen molar-refractivity contribution in [2.75, 3.05) is 11.9 Å². The van der Waals surface area contributed by atoms with Crippen molar-refractivity contribution in [2.24, 2.45) is 0 Å². The second kappa shape index (κ2) is 7.00. The van der Waals surface area contributed by atoms with E-state index in [0.717, 1.165) is 24.2 Å². The first-order valence-corrected chi connectivity index (χ1v) is 6.78. The molecular weight excluding hydrogens is 260 g/mol. The van der Waals surface area contributed by atoms with Gasteiger partial charge in [0.25, 0.3) is 0 Å². The third-order valence-corrected chi connectivity index (χ3v) is 2.97. The molecule has 0 amide bonds. The molecule has 19 heavy (non-hydrogen) atoms. The molecule has 0 atom stereocenters. The van der Waals surface area contributed by atoms with Gasteiger partial charge < -0.3 is 10.1 Å². The number of nitrogens with one attached hydrogen (secondary N) is 1. The fraction of sp³-hybridized carbons (Fsp3) is 0.267. The number of hydrogen-bond donors (Lipinski definition) is 1. The summed E-state index contributed by atoms with van der Waals surface area (Å²) in [5.74, 6) is 0.651. The molecule has 1 aromatic heterocycles. The van der Waals surface area contributed by atoms with Crippen molar-refractivity contribution in [3.63, 3.8) is 0 Å². The first-order chi connectivity index (χ1) is 9.29. The van der Waals surface area contributed by atoms with Gasteiger partial charge in [-0.15, -0.1) is 0 Å². The highest BCUT2D eigenvalue weighted by molar-refractivity contribution is 6.33.